The van der Waals surface area contributed by atoms with E-state index in [0.29, 0.717) is 24.2 Å². The van der Waals surface area contributed by atoms with Crippen LogP contribution in [0.15, 0.2) is 35.2 Å². The number of amides is 1. The number of carbonyl (C=O) groups excluding carboxylic acids is 1. The Kier molecular flexibility index (Phi) is 6.76. The van der Waals surface area contributed by atoms with Crippen LogP contribution in [0.3, 0.4) is 0 Å². The molecule has 2 aromatic rings. The summed E-state index contributed by atoms with van der Waals surface area (Å²) in [7, 11) is -0.627. The fourth-order valence-electron chi connectivity index (χ4n) is 3.79. The molecule has 0 N–H and O–H groups in total. The highest BCUT2D eigenvalue weighted by Gasteiger charge is 2.28. The highest BCUT2D eigenvalue weighted by molar-refractivity contribution is 7.89. The van der Waals surface area contributed by atoms with Gasteiger partial charge >= 0.3 is 0 Å². The van der Waals surface area contributed by atoms with E-state index in [0.717, 1.165) is 35.3 Å². The summed E-state index contributed by atoms with van der Waals surface area (Å²) in [5.41, 5.74) is 4.14. The Bertz CT molecular complexity index is 1080. The van der Waals surface area contributed by atoms with E-state index in [2.05, 4.69) is 18.2 Å². The second kappa shape index (κ2) is 9.01. The Morgan fingerprint density at radius 2 is 1.65 bits per heavy atom. The minimum Gasteiger partial charge on any atom is -0.490 e. The first kappa shape index (κ1) is 23.3. The Hall–Kier alpha value is -2.38. The summed E-state index contributed by atoms with van der Waals surface area (Å²) in [6.45, 7) is 8.85. The number of benzene rings is 2. The van der Waals surface area contributed by atoms with Gasteiger partial charge in [-0.15, -0.1) is 0 Å². The zero-order chi connectivity index (χ0) is 22.9. The molecule has 3 rings (SSSR count). The molecule has 2 aromatic carbocycles. The topological polar surface area (TPSA) is 66.9 Å². The first-order chi connectivity index (χ1) is 14.5. The van der Waals surface area contributed by atoms with E-state index in [-0.39, 0.29) is 16.9 Å². The van der Waals surface area contributed by atoms with Crippen LogP contribution in [-0.2, 0) is 10.0 Å². The van der Waals surface area contributed by atoms with Gasteiger partial charge in [-0.05, 0) is 68.1 Å². The number of carbonyl (C=O) groups is 1. The summed E-state index contributed by atoms with van der Waals surface area (Å²) in [5.74, 6) is 0.765. The van der Waals surface area contributed by atoms with E-state index >= 15 is 0 Å². The fourth-order valence-corrected chi connectivity index (χ4v) is 5.01. The minimum absolute atomic E-state index is 0.0639. The highest BCUT2D eigenvalue weighted by atomic mass is 32.2. The molecule has 0 spiro atoms. The van der Waals surface area contributed by atoms with Gasteiger partial charge in [0.1, 0.15) is 11.9 Å². The zero-order valence-electron chi connectivity index (χ0n) is 19.2. The van der Waals surface area contributed by atoms with E-state index in [9.17, 15) is 13.2 Å². The molecule has 1 aliphatic heterocycles. The second-order valence-corrected chi connectivity index (χ2v) is 10.7. The van der Waals surface area contributed by atoms with Crippen molar-refractivity contribution in [2.75, 3.05) is 27.2 Å². The van der Waals surface area contributed by atoms with Crippen LogP contribution in [0.2, 0.25) is 0 Å². The maximum Gasteiger partial charge on any atom is 0.253 e. The lowest BCUT2D eigenvalue weighted by Gasteiger charge is -2.33. The van der Waals surface area contributed by atoms with Crippen molar-refractivity contribution in [2.24, 2.45) is 0 Å². The van der Waals surface area contributed by atoms with Crippen molar-refractivity contribution in [3.8, 4) is 5.75 Å². The normalized spacial score (nSPS) is 15.4. The molecule has 0 saturated carbocycles. The predicted molar refractivity (Wildman–Crippen MR) is 122 cm³/mol. The molecule has 7 heteroatoms. The molecule has 168 valence electrons. The van der Waals surface area contributed by atoms with Gasteiger partial charge in [0.2, 0.25) is 10.0 Å². The van der Waals surface area contributed by atoms with Gasteiger partial charge < -0.3 is 9.64 Å². The molecule has 0 unspecified atom stereocenters. The molecular weight excluding hydrogens is 412 g/mol. The number of nitrogens with zero attached hydrogens (tertiary/aromatic N) is 2. The average Bonchev–Trinajstić information content (AvgIpc) is 2.72. The number of hydrogen-bond donors (Lipinski definition) is 0. The van der Waals surface area contributed by atoms with Crippen LogP contribution in [0.25, 0.3) is 0 Å². The van der Waals surface area contributed by atoms with Crippen molar-refractivity contribution in [3.05, 3.63) is 58.1 Å². The molecule has 0 aliphatic carbocycles. The average molecular weight is 445 g/mol. The van der Waals surface area contributed by atoms with Gasteiger partial charge in [-0.3, -0.25) is 4.79 Å². The van der Waals surface area contributed by atoms with Crippen LogP contribution >= 0.6 is 0 Å². The quantitative estimate of drug-likeness (QED) is 0.703. The maximum absolute atomic E-state index is 13.2. The largest absolute Gasteiger partial charge is 0.490 e. The molecule has 0 atom stereocenters. The molecule has 1 heterocycles. The Morgan fingerprint density at radius 3 is 2.26 bits per heavy atom. The van der Waals surface area contributed by atoms with Gasteiger partial charge in [-0.25, -0.2) is 12.7 Å². The summed E-state index contributed by atoms with van der Waals surface area (Å²) >= 11 is 0. The van der Waals surface area contributed by atoms with E-state index in [1.54, 1.807) is 17.9 Å². The summed E-state index contributed by atoms with van der Waals surface area (Å²) in [6.07, 6.45) is 1.55. The van der Waals surface area contributed by atoms with Crippen LogP contribution in [0, 0.1) is 27.7 Å². The van der Waals surface area contributed by atoms with Crippen LogP contribution in [0.1, 0.15) is 45.5 Å². The van der Waals surface area contributed by atoms with Crippen molar-refractivity contribution in [1.82, 2.24) is 9.21 Å². The minimum atomic E-state index is -3.63. The lowest BCUT2D eigenvalue weighted by atomic mass is 10.0. The maximum atomic E-state index is 13.2. The third-order valence-corrected chi connectivity index (χ3v) is 7.93. The number of ether oxygens (including phenoxy) is 1. The number of rotatable bonds is 5. The third-order valence-electron chi connectivity index (χ3n) is 5.99. The first-order valence-corrected chi connectivity index (χ1v) is 12.0. The molecule has 0 aromatic heterocycles. The predicted octanol–water partition coefficient (Wildman–Crippen LogP) is 3.85. The number of sulfonamides is 1. The molecule has 1 aliphatic rings. The highest BCUT2D eigenvalue weighted by Crippen LogP contribution is 2.27. The summed E-state index contributed by atoms with van der Waals surface area (Å²) in [6, 6.07) is 9.47. The van der Waals surface area contributed by atoms with Crippen LogP contribution in [0.5, 0.6) is 5.75 Å². The molecule has 31 heavy (non-hydrogen) atoms. The summed E-state index contributed by atoms with van der Waals surface area (Å²) in [4.78, 5) is 15.1. The lowest BCUT2D eigenvalue weighted by Crippen LogP contribution is -2.42. The number of aryl methyl sites for hydroxylation is 3. The van der Waals surface area contributed by atoms with Crippen molar-refractivity contribution in [1.29, 1.82) is 0 Å². The molecule has 1 saturated heterocycles. The molecule has 1 amide bonds. The van der Waals surface area contributed by atoms with E-state index in [1.165, 1.54) is 24.5 Å². The Labute approximate surface area is 185 Å². The van der Waals surface area contributed by atoms with Gasteiger partial charge in [0, 0.05) is 45.6 Å². The van der Waals surface area contributed by atoms with Gasteiger partial charge in [0.25, 0.3) is 5.91 Å². The van der Waals surface area contributed by atoms with Gasteiger partial charge in [0.15, 0.2) is 0 Å². The molecule has 0 radical (unpaired) electrons. The monoisotopic (exact) mass is 444 g/mol. The number of piperidine rings is 1. The standard InChI is InChI=1S/C24H32N2O4S/c1-16-7-8-17(2)22(13-16)30-21-9-11-26(12-10-21)24(27)20-14-18(3)19(4)23(15-20)31(28,29)25(5)6/h7-8,13-15,21H,9-12H2,1-6H3. The smallest absolute Gasteiger partial charge is 0.253 e. The SMILES string of the molecule is Cc1ccc(C)c(OC2CCN(C(=O)c3cc(C)c(C)c(S(=O)(=O)N(C)C)c3)CC2)c1. The molecule has 0 bridgehead atoms. The zero-order valence-corrected chi connectivity index (χ0v) is 20.0. The lowest BCUT2D eigenvalue weighted by molar-refractivity contribution is 0.0594. The number of hydrogen-bond acceptors (Lipinski definition) is 4. The molecule has 1 fully saturated rings. The van der Waals surface area contributed by atoms with Crippen LogP contribution < -0.4 is 4.74 Å². The Morgan fingerprint density at radius 1 is 1.00 bits per heavy atom. The van der Waals surface area contributed by atoms with E-state index in [4.69, 9.17) is 4.74 Å². The molecule has 6 nitrogen and oxygen atoms in total. The van der Waals surface area contributed by atoms with Crippen molar-refractivity contribution in [2.45, 2.75) is 51.5 Å². The Balaban J connectivity index is 1.74. The van der Waals surface area contributed by atoms with E-state index in [1.807, 2.05) is 20.8 Å². The first-order valence-electron chi connectivity index (χ1n) is 10.6. The summed E-state index contributed by atoms with van der Waals surface area (Å²) in [5, 5.41) is 0. The fraction of sp³-hybridized carbons (Fsp3) is 0.458. The van der Waals surface area contributed by atoms with Gasteiger partial charge in [0.05, 0.1) is 4.90 Å². The van der Waals surface area contributed by atoms with Crippen molar-refractivity contribution in [3.63, 3.8) is 0 Å². The van der Waals surface area contributed by atoms with Gasteiger partial charge in [-0.2, -0.15) is 0 Å². The second-order valence-electron chi connectivity index (χ2n) is 8.58. The third kappa shape index (κ3) is 4.93. The van der Waals surface area contributed by atoms with E-state index < -0.39 is 10.0 Å². The van der Waals surface area contributed by atoms with Crippen LogP contribution in [-0.4, -0.2) is 56.8 Å². The van der Waals surface area contributed by atoms with Crippen molar-refractivity contribution >= 4 is 15.9 Å². The number of likely N-dealkylation sites (tertiary alicyclic amines) is 1. The summed E-state index contributed by atoms with van der Waals surface area (Å²) < 4.78 is 32.8. The van der Waals surface area contributed by atoms with Crippen LogP contribution in [0.4, 0.5) is 0 Å². The molecular formula is C24H32N2O4S. The van der Waals surface area contributed by atoms with Gasteiger partial charge in [-0.1, -0.05) is 12.1 Å². The van der Waals surface area contributed by atoms with Crippen molar-refractivity contribution < 1.29 is 17.9 Å².